The first-order chi connectivity index (χ1) is 9.17. The molecule has 2 amide bonds. The first-order valence-corrected chi connectivity index (χ1v) is 5.56. The molecule has 2 N–H and O–H groups in total. The molecule has 2 rings (SSSR count). The number of amides is 2. The summed E-state index contributed by atoms with van der Waals surface area (Å²) in [4.78, 5) is 22.3. The summed E-state index contributed by atoms with van der Waals surface area (Å²) in [5, 5.41) is 5.13. The Labute approximate surface area is 109 Å². The Hall–Kier alpha value is -2.69. The number of carbonyl (C=O) groups excluding carboxylic acids is 2. The Kier molecular flexibility index (Phi) is 3.87. The van der Waals surface area contributed by atoms with Gasteiger partial charge in [-0.3, -0.25) is 4.79 Å². The molecule has 0 bridgehead atoms. The Morgan fingerprint density at radius 1 is 1.00 bits per heavy atom. The van der Waals surface area contributed by atoms with Crippen LogP contribution in [0.1, 0.15) is 10.4 Å². The van der Waals surface area contributed by atoms with E-state index in [1.807, 2.05) is 0 Å². The van der Waals surface area contributed by atoms with Gasteiger partial charge >= 0.3 is 6.03 Å². The minimum Gasteiger partial charge on any atom is -0.308 e. The number of halogens is 1. The summed E-state index contributed by atoms with van der Waals surface area (Å²) in [6, 6.07) is 11.5. The molecular formula is C14H11FN2O2. The van der Waals surface area contributed by atoms with Crippen molar-refractivity contribution in [2.45, 2.75) is 0 Å². The fourth-order valence-electron chi connectivity index (χ4n) is 1.52. The van der Waals surface area contributed by atoms with Crippen molar-refractivity contribution < 1.29 is 14.0 Å². The van der Waals surface area contributed by atoms with Crippen molar-refractivity contribution in [1.82, 2.24) is 0 Å². The molecule has 0 saturated carbocycles. The van der Waals surface area contributed by atoms with Crippen LogP contribution in [-0.4, -0.2) is 12.3 Å². The molecule has 0 saturated heterocycles. The third kappa shape index (κ3) is 3.64. The smallest absolute Gasteiger partial charge is 0.308 e. The van der Waals surface area contributed by atoms with Crippen molar-refractivity contribution in [3.8, 4) is 0 Å². The summed E-state index contributed by atoms with van der Waals surface area (Å²) in [6.07, 6.45) is 0.697. The Bertz CT molecular complexity index is 597. The lowest BCUT2D eigenvalue weighted by Gasteiger charge is -2.07. The van der Waals surface area contributed by atoms with Gasteiger partial charge < -0.3 is 10.6 Å². The minimum absolute atomic E-state index is 0.371. The number of urea groups is 1. The molecule has 19 heavy (non-hydrogen) atoms. The number of hydrogen-bond acceptors (Lipinski definition) is 2. The van der Waals surface area contributed by atoms with Gasteiger partial charge in [-0.1, -0.05) is 12.1 Å². The Morgan fingerprint density at radius 3 is 2.37 bits per heavy atom. The number of benzene rings is 2. The molecule has 0 aliphatic heterocycles. The van der Waals surface area contributed by atoms with E-state index in [-0.39, 0.29) is 5.82 Å². The molecule has 0 aromatic heterocycles. The molecule has 96 valence electrons. The van der Waals surface area contributed by atoms with E-state index in [9.17, 15) is 14.0 Å². The SMILES string of the molecule is O=Cc1cccc(NC(=O)Nc2ccc(F)cc2)c1. The fourth-order valence-corrected chi connectivity index (χ4v) is 1.52. The molecule has 0 atom stereocenters. The van der Waals surface area contributed by atoms with Gasteiger partial charge in [-0.2, -0.15) is 0 Å². The Morgan fingerprint density at radius 2 is 1.68 bits per heavy atom. The number of carbonyl (C=O) groups is 2. The average Bonchev–Trinajstić information content (AvgIpc) is 2.41. The van der Waals surface area contributed by atoms with E-state index in [2.05, 4.69) is 10.6 Å². The molecule has 0 aliphatic carbocycles. The zero-order chi connectivity index (χ0) is 13.7. The first kappa shape index (κ1) is 12.8. The van der Waals surface area contributed by atoms with Crippen LogP contribution in [0.15, 0.2) is 48.5 Å². The largest absolute Gasteiger partial charge is 0.323 e. The van der Waals surface area contributed by atoms with Gasteiger partial charge in [0.05, 0.1) is 0 Å². The van der Waals surface area contributed by atoms with Crippen LogP contribution >= 0.6 is 0 Å². The van der Waals surface area contributed by atoms with Crippen LogP contribution in [0, 0.1) is 5.82 Å². The van der Waals surface area contributed by atoms with Gasteiger partial charge in [0.2, 0.25) is 0 Å². The molecular weight excluding hydrogens is 247 g/mol. The van der Waals surface area contributed by atoms with E-state index in [1.165, 1.54) is 24.3 Å². The Balaban J connectivity index is 2.00. The molecule has 5 heteroatoms. The topological polar surface area (TPSA) is 58.2 Å². The van der Waals surface area contributed by atoms with Gasteiger partial charge in [0.15, 0.2) is 0 Å². The van der Waals surface area contributed by atoms with E-state index in [0.29, 0.717) is 23.2 Å². The predicted molar refractivity (Wildman–Crippen MR) is 70.9 cm³/mol. The lowest BCUT2D eigenvalue weighted by Crippen LogP contribution is -2.19. The van der Waals surface area contributed by atoms with E-state index in [4.69, 9.17) is 0 Å². The number of aldehydes is 1. The number of rotatable bonds is 3. The van der Waals surface area contributed by atoms with Crippen LogP contribution in [-0.2, 0) is 0 Å². The van der Waals surface area contributed by atoms with E-state index in [0.717, 1.165) is 0 Å². The van der Waals surface area contributed by atoms with Gasteiger partial charge in [-0.15, -0.1) is 0 Å². The highest BCUT2D eigenvalue weighted by Gasteiger charge is 2.03. The van der Waals surface area contributed by atoms with Crippen LogP contribution in [0.3, 0.4) is 0 Å². The van der Waals surface area contributed by atoms with Crippen molar-refractivity contribution in [1.29, 1.82) is 0 Å². The van der Waals surface area contributed by atoms with Gasteiger partial charge in [-0.05, 0) is 36.4 Å². The molecule has 0 spiro atoms. The molecule has 4 nitrogen and oxygen atoms in total. The zero-order valence-corrected chi connectivity index (χ0v) is 9.89. The normalized spacial score (nSPS) is 9.74. The van der Waals surface area contributed by atoms with Crippen molar-refractivity contribution in [2.75, 3.05) is 10.6 Å². The van der Waals surface area contributed by atoms with Crippen LogP contribution < -0.4 is 10.6 Å². The third-order valence-electron chi connectivity index (χ3n) is 2.38. The number of anilines is 2. The molecule has 0 aliphatic rings. The van der Waals surface area contributed by atoms with Crippen molar-refractivity contribution in [2.24, 2.45) is 0 Å². The molecule has 0 heterocycles. The standard InChI is InChI=1S/C14H11FN2O2/c15-11-4-6-12(7-5-11)16-14(19)17-13-3-1-2-10(8-13)9-18/h1-9H,(H2,16,17,19). The van der Waals surface area contributed by atoms with Crippen LogP contribution in [0.25, 0.3) is 0 Å². The van der Waals surface area contributed by atoms with Gasteiger partial charge in [0.1, 0.15) is 12.1 Å². The van der Waals surface area contributed by atoms with Crippen molar-refractivity contribution in [3.63, 3.8) is 0 Å². The fraction of sp³-hybridized carbons (Fsp3) is 0. The quantitative estimate of drug-likeness (QED) is 0.830. The van der Waals surface area contributed by atoms with Crippen molar-refractivity contribution >= 4 is 23.7 Å². The molecule has 0 unspecified atom stereocenters. The second-order valence-corrected chi connectivity index (χ2v) is 3.83. The second kappa shape index (κ2) is 5.77. The highest BCUT2D eigenvalue weighted by Crippen LogP contribution is 2.11. The highest BCUT2D eigenvalue weighted by molar-refractivity contribution is 6.00. The third-order valence-corrected chi connectivity index (χ3v) is 2.38. The maximum absolute atomic E-state index is 12.7. The van der Waals surface area contributed by atoms with Crippen LogP contribution in [0.4, 0.5) is 20.6 Å². The second-order valence-electron chi connectivity index (χ2n) is 3.83. The summed E-state index contributed by atoms with van der Waals surface area (Å²) >= 11 is 0. The van der Waals surface area contributed by atoms with Gasteiger partial charge in [-0.25, -0.2) is 9.18 Å². The van der Waals surface area contributed by atoms with Gasteiger partial charge in [0.25, 0.3) is 0 Å². The van der Waals surface area contributed by atoms with E-state index < -0.39 is 6.03 Å². The maximum Gasteiger partial charge on any atom is 0.323 e. The molecule has 0 fully saturated rings. The predicted octanol–water partition coefficient (Wildman–Crippen LogP) is 3.28. The maximum atomic E-state index is 12.7. The van der Waals surface area contributed by atoms with Crippen LogP contribution in [0.5, 0.6) is 0 Å². The van der Waals surface area contributed by atoms with E-state index in [1.54, 1.807) is 24.3 Å². The van der Waals surface area contributed by atoms with Crippen LogP contribution in [0.2, 0.25) is 0 Å². The highest BCUT2D eigenvalue weighted by atomic mass is 19.1. The average molecular weight is 258 g/mol. The van der Waals surface area contributed by atoms with Gasteiger partial charge in [0, 0.05) is 16.9 Å². The lowest BCUT2D eigenvalue weighted by molar-refractivity contribution is 0.112. The minimum atomic E-state index is -0.463. The number of nitrogens with one attached hydrogen (secondary N) is 2. The summed E-state index contributed by atoms with van der Waals surface area (Å²) in [5.41, 5.74) is 1.45. The summed E-state index contributed by atoms with van der Waals surface area (Å²) in [5.74, 6) is -0.371. The monoisotopic (exact) mass is 258 g/mol. The molecule has 2 aromatic rings. The molecule has 2 aromatic carbocycles. The summed E-state index contributed by atoms with van der Waals surface area (Å²) in [6.45, 7) is 0. The summed E-state index contributed by atoms with van der Waals surface area (Å²) in [7, 11) is 0. The summed E-state index contributed by atoms with van der Waals surface area (Å²) < 4.78 is 12.7. The zero-order valence-electron chi connectivity index (χ0n) is 9.89. The first-order valence-electron chi connectivity index (χ1n) is 5.56. The van der Waals surface area contributed by atoms with Crippen molar-refractivity contribution in [3.05, 3.63) is 59.9 Å². The lowest BCUT2D eigenvalue weighted by atomic mass is 10.2. The number of hydrogen-bond donors (Lipinski definition) is 2. The van der Waals surface area contributed by atoms with E-state index >= 15 is 0 Å². The molecule has 0 radical (unpaired) electrons.